The van der Waals surface area contributed by atoms with Crippen LogP contribution in [0.25, 0.3) is 6.08 Å². The third-order valence-corrected chi connectivity index (χ3v) is 12.2. The van der Waals surface area contributed by atoms with E-state index in [-0.39, 0.29) is 17.2 Å². The molecular weight excluding hydrogens is 652 g/mol. The second-order valence-corrected chi connectivity index (χ2v) is 15.0. The van der Waals surface area contributed by atoms with Gasteiger partial charge in [0.25, 0.3) is 10.0 Å². The molecule has 0 radical (unpaired) electrons. The van der Waals surface area contributed by atoms with Crippen molar-refractivity contribution in [3.63, 3.8) is 0 Å². The van der Waals surface area contributed by atoms with Gasteiger partial charge in [-0.3, -0.25) is 4.90 Å². The fourth-order valence-corrected chi connectivity index (χ4v) is 9.48. The number of ether oxygens (including phenoxy) is 3. The maximum atomic E-state index is 16.0. The first-order chi connectivity index (χ1) is 23.2. The molecule has 2 saturated heterocycles. The molecule has 12 heteroatoms. The van der Waals surface area contributed by atoms with Crippen molar-refractivity contribution in [2.24, 2.45) is 5.92 Å². The van der Waals surface area contributed by atoms with Crippen molar-refractivity contribution in [2.75, 3.05) is 50.6 Å². The van der Waals surface area contributed by atoms with Gasteiger partial charge in [-0.25, -0.2) is 22.1 Å². The Morgan fingerprint density at radius 2 is 1.88 bits per heavy atom. The summed E-state index contributed by atoms with van der Waals surface area (Å²) in [6.45, 7) is 6.48. The first-order valence-electron chi connectivity index (χ1n) is 15.9. The summed E-state index contributed by atoms with van der Waals surface area (Å²) < 4.78 is 61.7. The third kappa shape index (κ3) is 6.74. The molecule has 2 atom stereocenters. The number of hydrogen-bond donors (Lipinski definition) is 1. The number of nitrogens with zero attached hydrogens (tertiary/aromatic N) is 3. The van der Waals surface area contributed by atoms with Crippen LogP contribution in [0.1, 0.15) is 36.0 Å². The Balaban J connectivity index is 1.23. The van der Waals surface area contributed by atoms with E-state index in [1.54, 1.807) is 36.8 Å². The fraction of sp³-hybridized carbons (Fsp3) is 0.361. The number of methoxy groups -OCH3 is 3. The molecule has 0 saturated carbocycles. The van der Waals surface area contributed by atoms with Crippen LogP contribution < -0.4 is 23.8 Å². The lowest BCUT2D eigenvalue weighted by molar-refractivity contribution is 0.209. The summed E-state index contributed by atoms with van der Waals surface area (Å²) in [5.41, 5.74) is 2.83. The molecule has 2 aliphatic rings. The van der Waals surface area contributed by atoms with Crippen molar-refractivity contribution in [3.05, 3.63) is 95.3 Å². The number of rotatable bonds is 14. The summed E-state index contributed by atoms with van der Waals surface area (Å²) in [6.07, 6.45) is 7.26. The molecule has 2 fully saturated rings. The Hall–Kier alpha value is -4.13. The van der Waals surface area contributed by atoms with Crippen LogP contribution in [-0.4, -0.2) is 64.8 Å². The van der Waals surface area contributed by atoms with Crippen LogP contribution in [0.4, 0.5) is 15.2 Å². The van der Waals surface area contributed by atoms with Gasteiger partial charge in [0.15, 0.2) is 5.13 Å². The van der Waals surface area contributed by atoms with E-state index in [9.17, 15) is 8.42 Å². The molecule has 1 aromatic heterocycles. The smallest absolute Gasteiger partial charge is 0.269 e. The van der Waals surface area contributed by atoms with Gasteiger partial charge in [-0.1, -0.05) is 24.8 Å². The van der Waals surface area contributed by atoms with Crippen LogP contribution in [0.15, 0.2) is 77.6 Å². The highest BCUT2D eigenvalue weighted by Crippen LogP contribution is 2.43. The molecule has 3 heterocycles. The molecular formula is C36H41FN4O5S2. The largest absolute Gasteiger partial charge is 0.497 e. The number of hydrogen-bond acceptors (Lipinski definition) is 9. The molecule has 0 bridgehead atoms. The summed E-state index contributed by atoms with van der Waals surface area (Å²) in [4.78, 5) is 6.38. The average molecular weight is 693 g/mol. The molecule has 3 aromatic carbocycles. The van der Waals surface area contributed by atoms with E-state index in [4.69, 9.17) is 14.2 Å². The van der Waals surface area contributed by atoms with E-state index >= 15 is 4.39 Å². The zero-order valence-corrected chi connectivity index (χ0v) is 29.1. The lowest BCUT2D eigenvalue weighted by atomic mass is 9.87. The zero-order chi connectivity index (χ0) is 33.9. The van der Waals surface area contributed by atoms with E-state index in [0.717, 1.165) is 60.2 Å². The highest BCUT2D eigenvalue weighted by atomic mass is 32.2. The topological polar surface area (TPSA) is 93.2 Å². The van der Waals surface area contributed by atoms with Crippen molar-refractivity contribution in [3.8, 4) is 17.2 Å². The normalized spacial score (nSPS) is 19.1. The molecule has 1 N–H and O–H groups in total. The molecule has 0 aliphatic carbocycles. The first-order valence-corrected chi connectivity index (χ1v) is 18.2. The van der Waals surface area contributed by atoms with Crippen LogP contribution in [0.5, 0.6) is 17.2 Å². The maximum absolute atomic E-state index is 16.0. The minimum atomic E-state index is -4.40. The highest BCUT2D eigenvalue weighted by Gasteiger charge is 2.48. The molecule has 0 amide bonds. The number of benzene rings is 3. The van der Waals surface area contributed by atoms with Crippen molar-refractivity contribution >= 4 is 38.3 Å². The van der Waals surface area contributed by atoms with E-state index < -0.39 is 20.7 Å². The fourth-order valence-electron chi connectivity index (χ4n) is 7.13. The molecule has 6 rings (SSSR count). The van der Waals surface area contributed by atoms with Gasteiger partial charge in [0.05, 0.1) is 27.9 Å². The summed E-state index contributed by atoms with van der Waals surface area (Å²) in [5.74, 6) is 1.51. The molecule has 48 heavy (non-hydrogen) atoms. The Morgan fingerprint density at radius 1 is 1.10 bits per heavy atom. The van der Waals surface area contributed by atoms with E-state index in [1.165, 1.54) is 38.1 Å². The van der Waals surface area contributed by atoms with Crippen molar-refractivity contribution < 1.29 is 27.0 Å². The van der Waals surface area contributed by atoms with Gasteiger partial charge in [0.2, 0.25) is 0 Å². The minimum Gasteiger partial charge on any atom is -0.497 e. The van der Waals surface area contributed by atoms with Crippen LogP contribution in [0, 0.1) is 11.7 Å². The van der Waals surface area contributed by atoms with Crippen LogP contribution in [-0.2, 0) is 23.0 Å². The van der Waals surface area contributed by atoms with E-state index in [0.29, 0.717) is 40.8 Å². The van der Waals surface area contributed by atoms with Gasteiger partial charge >= 0.3 is 0 Å². The van der Waals surface area contributed by atoms with Crippen molar-refractivity contribution in [2.45, 2.75) is 42.7 Å². The predicted molar refractivity (Wildman–Crippen MR) is 188 cm³/mol. The Kier molecular flexibility index (Phi) is 9.95. The lowest BCUT2D eigenvalue weighted by Crippen LogP contribution is -2.44. The van der Waals surface area contributed by atoms with Crippen molar-refractivity contribution in [1.29, 1.82) is 0 Å². The van der Waals surface area contributed by atoms with Crippen LogP contribution in [0.2, 0.25) is 0 Å². The van der Waals surface area contributed by atoms with Gasteiger partial charge < -0.3 is 19.5 Å². The lowest BCUT2D eigenvalue weighted by Gasteiger charge is -2.33. The van der Waals surface area contributed by atoms with Gasteiger partial charge in [-0.2, -0.15) is 0 Å². The highest BCUT2D eigenvalue weighted by molar-refractivity contribution is 7.93. The molecule has 0 spiro atoms. The summed E-state index contributed by atoms with van der Waals surface area (Å²) in [6, 6.07) is 16.0. The number of aromatic nitrogens is 1. The zero-order valence-electron chi connectivity index (χ0n) is 27.4. The van der Waals surface area contributed by atoms with E-state index in [1.807, 2.05) is 12.1 Å². The Bertz CT molecular complexity index is 1850. The van der Waals surface area contributed by atoms with E-state index in [2.05, 4.69) is 33.9 Å². The number of anilines is 2. The molecule has 0 unspecified atom stereocenters. The van der Waals surface area contributed by atoms with Gasteiger partial charge in [-0.15, -0.1) is 11.3 Å². The van der Waals surface area contributed by atoms with Gasteiger partial charge in [0.1, 0.15) is 28.0 Å². The summed E-state index contributed by atoms with van der Waals surface area (Å²) in [5, 5.41) is 5.38. The number of halogens is 1. The second-order valence-electron chi connectivity index (χ2n) is 12.3. The molecule has 4 aromatic rings. The summed E-state index contributed by atoms with van der Waals surface area (Å²) >= 11 is 1.15. The number of nitrogens with one attached hydrogen (secondary N) is 1. The first kappa shape index (κ1) is 33.8. The van der Waals surface area contributed by atoms with Crippen molar-refractivity contribution in [1.82, 2.24) is 9.88 Å². The monoisotopic (exact) mass is 692 g/mol. The number of sulfonamides is 1. The van der Waals surface area contributed by atoms with Crippen LogP contribution >= 0.6 is 11.3 Å². The number of thiazole rings is 1. The molecule has 2 aliphatic heterocycles. The predicted octanol–water partition coefficient (Wildman–Crippen LogP) is 6.86. The number of fused-ring (bicyclic) bond motifs is 1. The second kappa shape index (κ2) is 14.2. The van der Waals surface area contributed by atoms with Gasteiger partial charge in [-0.05, 0) is 85.7 Å². The Morgan fingerprint density at radius 3 is 2.56 bits per heavy atom. The standard InChI is InChI=1S/C36H41FN4O5S2/c1-5-27-18-34(48(42,43)41(35-38-14-16-47-35)23-28-9-12-30(45-3)19-33(28)46-4)31(37)20-32(27)39-24-36-13-6-15-40(36)22-26(21-36)17-25-7-10-29(44-2)11-8-25/h5,7-12,14,16,18-20,26,39H,1,6,13,15,17,21-24H2,2-4H3/t26-,36-/m1/s1. The van der Waals surface area contributed by atoms with Crippen LogP contribution in [0.3, 0.4) is 0 Å². The summed E-state index contributed by atoms with van der Waals surface area (Å²) in [7, 11) is 0.308. The average Bonchev–Trinajstić information content (AvgIpc) is 3.84. The molecule has 254 valence electrons. The van der Waals surface area contributed by atoms with Gasteiger partial charge in [0, 0.05) is 47.5 Å². The quantitative estimate of drug-likeness (QED) is 0.153. The SMILES string of the molecule is C=Cc1cc(S(=O)(=O)N(Cc2ccc(OC)cc2OC)c2nccs2)c(F)cc1NC[C@]12CCCN1C[C@H](Cc1ccc(OC)cc1)C2. The Labute approximate surface area is 286 Å². The third-order valence-electron chi connectivity index (χ3n) is 9.51. The minimum absolute atomic E-state index is 0.0458. The molecule has 9 nitrogen and oxygen atoms in total. The maximum Gasteiger partial charge on any atom is 0.269 e.